The minimum atomic E-state index is 0.324. The summed E-state index contributed by atoms with van der Waals surface area (Å²) < 4.78 is 1.99. The Hall–Kier alpha value is -1.32. The quantitative estimate of drug-likeness (QED) is 0.799. The third-order valence-electron chi connectivity index (χ3n) is 3.44. The van der Waals surface area contributed by atoms with Crippen LogP contribution in [0.4, 0.5) is 0 Å². The molecule has 0 atom stereocenters. The van der Waals surface area contributed by atoms with E-state index in [2.05, 4.69) is 12.0 Å². The number of likely N-dealkylation sites (tertiary alicyclic amines) is 1. The molecule has 1 aromatic heterocycles. The summed E-state index contributed by atoms with van der Waals surface area (Å²) in [4.78, 5) is 13.7. The predicted octanol–water partition coefficient (Wildman–Crippen LogP) is 1.92. The predicted molar refractivity (Wildman–Crippen MR) is 66.4 cm³/mol. The monoisotopic (exact) mass is 235 g/mol. The first-order valence-electron chi connectivity index (χ1n) is 6.54. The normalized spacial score (nSPS) is 17.4. The first kappa shape index (κ1) is 12.1. The molecule has 0 aromatic carbocycles. The molecule has 0 spiro atoms. The molecule has 0 unspecified atom stereocenters. The minimum absolute atomic E-state index is 0.324. The Labute approximate surface area is 103 Å². The summed E-state index contributed by atoms with van der Waals surface area (Å²) in [6.07, 6.45) is 7.69. The molecule has 4 nitrogen and oxygen atoms in total. The van der Waals surface area contributed by atoms with Crippen LogP contribution in [-0.2, 0) is 11.3 Å². The first-order chi connectivity index (χ1) is 8.29. The lowest BCUT2D eigenvalue weighted by Crippen LogP contribution is -2.39. The van der Waals surface area contributed by atoms with Gasteiger partial charge in [-0.2, -0.15) is 5.10 Å². The molecular weight excluding hydrogens is 214 g/mol. The number of carbonyl (C=O) groups excluding carboxylic acids is 1. The summed E-state index contributed by atoms with van der Waals surface area (Å²) in [5.74, 6) is 0.991. The third-order valence-corrected chi connectivity index (χ3v) is 3.44. The molecule has 0 saturated carbocycles. The molecule has 1 amide bonds. The van der Waals surface area contributed by atoms with Crippen LogP contribution in [0.5, 0.6) is 0 Å². The zero-order valence-electron chi connectivity index (χ0n) is 10.5. The number of amides is 1. The molecule has 1 saturated heterocycles. The molecule has 2 rings (SSSR count). The smallest absolute Gasteiger partial charge is 0.222 e. The van der Waals surface area contributed by atoms with Crippen molar-refractivity contribution in [1.29, 1.82) is 0 Å². The molecule has 2 heterocycles. The van der Waals surface area contributed by atoms with E-state index in [-0.39, 0.29) is 0 Å². The number of hydrogen-bond acceptors (Lipinski definition) is 2. The first-order valence-corrected chi connectivity index (χ1v) is 6.54. The van der Waals surface area contributed by atoms with Crippen molar-refractivity contribution in [1.82, 2.24) is 14.7 Å². The van der Waals surface area contributed by atoms with E-state index in [9.17, 15) is 4.79 Å². The van der Waals surface area contributed by atoms with Crippen LogP contribution >= 0.6 is 0 Å². The van der Waals surface area contributed by atoms with Crippen molar-refractivity contribution in [3.8, 4) is 0 Å². The van der Waals surface area contributed by atoms with Crippen molar-refractivity contribution >= 4 is 5.91 Å². The number of nitrogens with zero attached hydrogens (tertiary/aromatic N) is 3. The maximum absolute atomic E-state index is 11.7. The van der Waals surface area contributed by atoms with Gasteiger partial charge in [-0.15, -0.1) is 0 Å². The molecule has 1 aromatic rings. The highest BCUT2D eigenvalue weighted by atomic mass is 16.2. The van der Waals surface area contributed by atoms with Gasteiger partial charge in [0.1, 0.15) is 0 Å². The summed E-state index contributed by atoms with van der Waals surface area (Å²) in [6, 6.07) is 1.96. The third kappa shape index (κ3) is 3.32. The highest BCUT2D eigenvalue weighted by molar-refractivity contribution is 5.76. The minimum Gasteiger partial charge on any atom is -0.343 e. The lowest BCUT2D eigenvalue weighted by Gasteiger charge is -2.32. The van der Waals surface area contributed by atoms with Gasteiger partial charge in [-0.25, -0.2) is 0 Å². The summed E-state index contributed by atoms with van der Waals surface area (Å²) in [7, 11) is 0. The molecule has 4 heteroatoms. The van der Waals surface area contributed by atoms with Gasteiger partial charge < -0.3 is 4.90 Å². The van der Waals surface area contributed by atoms with E-state index >= 15 is 0 Å². The average Bonchev–Trinajstić information content (AvgIpc) is 2.83. The summed E-state index contributed by atoms with van der Waals surface area (Å²) in [5.41, 5.74) is 0. The molecule has 0 bridgehead atoms. The molecule has 1 aliphatic heterocycles. The molecular formula is C13H21N3O. The highest BCUT2D eigenvalue weighted by Crippen LogP contribution is 2.19. The van der Waals surface area contributed by atoms with E-state index in [1.165, 1.54) is 0 Å². The maximum atomic E-state index is 11.7. The second-order valence-electron chi connectivity index (χ2n) is 4.80. The van der Waals surface area contributed by atoms with Crippen LogP contribution in [0.2, 0.25) is 0 Å². The number of rotatable bonds is 4. The Morgan fingerprint density at radius 2 is 2.18 bits per heavy atom. The Morgan fingerprint density at radius 1 is 1.41 bits per heavy atom. The Balaban J connectivity index is 1.76. The number of carbonyl (C=O) groups is 1. The van der Waals surface area contributed by atoms with Gasteiger partial charge in [0, 0.05) is 38.4 Å². The second-order valence-corrected chi connectivity index (χ2v) is 4.80. The molecule has 0 aliphatic carbocycles. The Bertz CT molecular complexity index is 340. The van der Waals surface area contributed by atoms with E-state index in [1.54, 1.807) is 0 Å². The fourth-order valence-electron chi connectivity index (χ4n) is 2.41. The van der Waals surface area contributed by atoms with Gasteiger partial charge in [0.15, 0.2) is 0 Å². The van der Waals surface area contributed by atoms with Gasteiger partial charge in [0.05, 0.1) is 0 Å². The van der Waals surface area contributed by atoms with Crippen LogP contribution in [0.3, 0.4) is 0 Å². The SMILES string of the molecule is CCCC(=O)N1CCC(Cn2cccn2)CC1. The number of aromatic nitrogens is 2. The van der Waals surface area contributed by atoms with Crippen LogP contribution in [0.15, 0.2) is 18.5 Å². The van der Waals surface area contributed by atoms with Crippen LogP contribution in [0.25, 0.3) is 0 Å². The lowest BCUT2D eigenvalue weighted by molar-refractivity contribution is -0.132. The lowest BCUT2D eigenvalue weighted by atomic mass is 9.96. The van der Waals surface area contributed by atoms with Crippen molar-refractivity contribution in [2.24, 2.45) is 5.92 Å². The largest absolute Gasteiger partial charge is 0.343 e. The van der Waals surface area contributed by atoms with E-state index in [1.807, 2.05) is 28.0 Å². The van der Waals surface area contributed by atoms with E-state index < -0.39 is 0 Å². The Morgan fingerprint density at radius 3 is 2.76 bits per heavy atom. The van der Waals surface area contributed by atoms with Crippen molar-refractivity contribution in [3.05, 3.63) is 18.5 Å². The van der Waals surface area contributed by atoms with Crippen LogP contribution in [0.1, 0.15) is 32.6 Å². The van der Waals surface area contributed by atoms with Crippen LogP contribution < -0.4 is 0 Å². The van der Waals surface area contributed by atoms with Gasteiger partial charge in [-0.3, -0.25) is 9.48 Å². The van der Waals surface area contributed by atoms with Gasteiger partial charge in [-0.1, -0.05) is 6.92 Å². The maximum Gasteiger partial charge on any atom is 0.222 e. The second kappa shape index (κ2) is 5.84. The van der Waals surface area contributed by atoms with Gasteiger partial charge in [0.2, 0.25) is 5.91 Å². The fraction of sp³-hybridized carbons (Fsp3) is 0.692. The standard InChI is InChI=1S/C13H21N3O/c1-2-4-13(17)15-9-5-12(6-10-15)11-16-8-3-7-14-16/h3,7-8,12H,2,4-6,9-11H2,1H3. The van der Waals surface area contributed by atoms with Crippen molar-refractivity contribution in [2.45, 2.75) is 39.2 Å². The summed E-state index contributed by atoms with van der Waals surface area (Å²) in [6.45, 7) is 4.89. The van der Waals surface area contributed by atoms with Gasteiger partial charge in [0.25, 0.3) is 0 Å². The van der Waals surface area contributed by atoms with Gasteiger partial charge in [-0.05, 0) is 31.2 Å². The average molecular weight is 235 g/mol. The molecule has 0 N–H and O–H groups in total. The van der Waals surface area contributed by atoms with E-state index in [0.29, 0.717) is 18.2 Å². The van der Waals surface area contributed by atoms with Crippen molar-refractivity contribution < 1.29 is 4.79 Å². The number of hydrogen-bond donors (Lipinski definition) is 0. The summed E-state index contributed by atoms with van der Waals surface area (Å²) >= 11 is 0. The molecule has 17 heavy (non-hydrogen) atoms. The van der Waals surface area contributed by atoms with Crippen molar-refractivity contribution in [2.75, 3.05) is 13.1 Å². The zero-order valence-corrected chi connectivity index (χ0v) is 10.5. The topological polar surface area (TPSA) is 38.1 Å². The van der Waals surface area contributed by atoms with Crippen molar-refractivity contribution in [3.63, 3.8) is 0 Å². The Kier molecular flexibility index (Phi) is 4.18. The van der Waals surface area contributed by atoms with E-state index in [0.717, 1.165) is 38.9 Å². The molecule has 94 valence electrons. The highest BCUT2D eigenvalue weighted by Gasteiger charge is 2.22. The zero-order chi connectivity index (χ0) is 12.1. The van der Waals surface area contributed by atoms with E-state index in [4.69, 9.17) is 0 Å². The fourth-order valence-corrected chi connectivity index (χ4v) is 2.41. The molecule has 1 fully saturated rings. The van der Waals surface area contributed by atoms with Gasteiger partial charge >= 0.3 is 0 Å². The van der Waals surface area contributed by atoms with Crippen LogP contribution in [-0.4, -0.2) is 33.7 Å². The molecule has 0 radical (unpaired) electrons. The van der Waals surface area contributed by atoms with Crippen LogP contribution in [0, 0.1) is 5.92 Å². The summed E-state index contributed by atoms with van der Waals surface area (Å²) in [5, 5.41) is 4.23. The number of piperidine rings is 1. The molecule has 1 aliphatic rings.